The van der Waals surface area contributed by atoms with E-state index in [0.717, 1.165) is 58.0 Å². The van der Waals surface area contributed by atoms with Crippen LogP contribution in [0.4, 0.5) is 0 Å². The standard InChI is InChI=1S/C26H48O6/c1-22(27)17-13-9-10-14-18-23(28)25(2,3)32-21-24(29)26(4,5)31-20-16-12-8-7-11-15-19-30-6/h7-21H2,1-6H3. The van der Waals surface area contributed by atoms with Crippen molar-refractivity contribution in [2.45, 2.75) is 123 Å². The van der Waals surface area contributed by atoms with Crippen LogP contribution in [0.5, 0.6) is 0 Å². The van der Waals surface area contributed by atoms with E-state index in [1.165, 1.54) is 12.8 Å². The van der Waals surface area contributed by atoms with E-state index in [1.807, 2.05) is 0 Å². The summed E-state index contributed by atoms with van der Waals surface area (Å²) in [7, 11) is 1.73. The molecular formula is C26H48O6. The maximum Gasteiger partial charge on any atom is 0.189 e. The number of Topliss-reactive ketones (excluding diaryl/α,β-unsaturated/α-hetero) is 3. The van der Waals surface area contributed by atoms with Crippen LogP contribution in [-0.4, -0.2) is 55.5 Å². The fourth-order valence-corrected chi connectivity index (χ4v) is 3.28. The Morgan fingerprint density at radius 2 is 1.06 bits per heavy atom. The molecule has 188 valence electrons. The van der Waals surface area contributed by atoms with Crippen molar-refractivity contribution in [3.05, 3.63) is 0 Å². The third-order valence-corrected chi connectivity index (χ3v) is 5.80. The molecule has 6 nitrogen and oxygen atoms in total. The van der Waals surface area contributed by atoms with Crippen molar-refractivity contribution in [1.82, 2.24) is 0 Å². The minimum atomic E-state index is -0.992. The highest BCUT2D eigenvalue weighted by Crippen LogP contribution is 2.19. The largest absolute Gasteiger partial charge is 0.385 e. The van der Waals surface area contributed by atoms with Crippen molar-refractivity contribution in [3.8, 4) is 0 Å². The predicted octanol–water partition coefficient (Wildman–Crippen LogP) is 5.63. The third-order valence-electron chi connectivity index (χ3n) is 5.80. The van der Waals surface area contributed by atoms with Crippen LogP contribution in [0.3, 0.4) is 0 Å². The van der Waals surface area contributed by atoms with Crippen molar-refractivity contribution in [2.75, 3.05) is 26.9 Å². The Morgan fingerprint density at radius 1 is 0.594 bits per heavy atom. The van der Waals surface area contributed by atoms with Crippen LogP contribution in [0, 0.1) is 0 Å². The molecule has 0 aromatic carbocycles. The number of carbonyl (C=O) groups excluding carboxylic acids is 3. The molecule has 0 unspecified atom stereocenters. The number of carbonyl (C=O) groups is 3. The molecule has 0 atom stereocenters. The van der Waals surface area contributed by atoms with Gasteiger partial charge in [-0.2, -0.15) is 0 Å². The molecule has 0 heterocycles. The zero-order chi connectivity index (χ0) is 24.5. The Balaban J connectivity index is 4.06. The molecule has 0 fully saturated rings. The first-order valence-electron chi connectivity index (χ1n) is 12.4. The van der Waals surface area contributed by atoms with E-state index in [2.05, 4.69) is 0 Å². The minimum absolute atomic E-state index is 0.00101. The van der Waals surface area contributed by atoms with Crippen molar-refractivity contribution in [3.63, 3.8) is 0 Å². The average molecular weight is 457 g/mol. The monoisotopic (exact) mass is 456 g/mol. The lowest BCUT2D eigenvalue weighted by Gasteiger charge is -2.28. The fourth-order valence-electron chi connectivity index (χ4n) is 3.28. The number of hydrogen-bond acceptors (Lipinski definition) is 6. The number of ether oxygens (including phenoxy) is 3. The number of unbranched alkanes of at least 4 members (excludes halogenated alkanes) is 8. The van der Waals surface area contributed by atoms with E-state index in [4.69, 9.17) is 14.2 Å². The Hall–Kier alpha value is -1.11. The number of ketones is 3. The summed E-state index contributed by atoms with van der Waals surface area (Å²) in [5.74, 6) is 0.0594. The summed E-state index contributed by atoms with van der Waals surface area (Å²) in [6.45, 7) is 9.80. The Kier molecular flexibility index (Phi) is 16.8. The van der Waals surface area contributed by atoms with Gasteiger partial charge in [0.2, 0.25) is 0 Å². The first-order valence-corrected chi connectivity index (χ1v) is 12.4. The van der Waals surface area contributed by atoms with E-state index < -0.39 is 11.2 Å². The summed E-state index contributed by atoms with van der Waals surface area (Å²) in [6, 6.07) is 0. The summed E-state index contributed by atoms with van der Waals surface area (Å²) in [5, 5.41) is 0. The normalized spacial score (nSPS) is 12.2. The summed E-state index contributed by atoms with van der Waals surface area (Å²) in [4.78, 5) is 36.0. The first-order chi connectivity index (χ1) is 15.0. The summed E-state index contributed by atoms with van der Waals surface area (Å²) >= 11 is 0. The quantitative estimate of drug-likeness (QED) is 0.196. The van der Waals surface area contributed by atoms with Crippen LogP contribution in [0.15, 0.2) is 0 Å². The van der Waals surface area contributed by atoms with Gasteiger partial charge in [0.25, 0.3) is 0 Å². The Bertz CT molecular complexity index is 538. The van der Waals surface area contributed by atoms with Gasteiger partial charge >= 0.3 is 0 Å². The average Bonchev–Trinajstić information content (AvgIpc) is 2.72. The van der Waals surface area contributed by atoms with Crippen molar-refractivity contribution < 1.29 is 28.6 Å². The van der Waals surface area contributed by atoms with Gasteiger partial charge in [-0.1, -0.05) is 38.5 Å². The zero-order valence-electron chi connectivity index (χ0n) is 21.6. The molecule has 32 heavy (non-hydrogen) atoms. The minimum Gasteiger partial charge on any atom is -0.385 e. The van der Waals surface area contributed by atoms with E-state index in [1.54, 1.807) is 41.7 Å². The topological polar surface area (TPSA) is 78.9 Å². The Labute approximate surface area is 196 Å². The smallest absolute Gasteiger partial charge is 0.189 e. The van der Waals surface area contributed by atoms with Gasteiger partial charge in [0.15, 0.2) is 11.6 Å². The van der Waals surface area contributed by atoms with E-state index in [9.17, 15) is 14.4 Å². The van der Waals surface area contributed by atoms with Crippen molar-refractivity contribution in [2.24, 2.45) is 0 Å². The lowest BCUT2D eigenvalue weighted by molar-refractivity contribution is -0.156. The van der Waals surface area contributed by atoms with Crippen LogP contribution >= 0.6 is 0 Å². The van der Waals surface area contributed by atoms with Gasteiger partial charge in [-0.3, -0.25) is 9.59 Å². The van der Waals surface area contributed by atoms with Gasteiger partial charge in [-0.25, -0.2) is 0 Å². The molecule has 0 rings (SSSR count). The molecule has 0 aromatic rings. The van der Waals surface area contributed by atoms with Gasteiger partial charge in [0.1, 0.15) is 23.6 Å². The number of methoxy groups -OCH3 is 1. The van der Waals surface area contributed by atoms with Crippen molar-refractivity contribution >= 4 is 17.3 Å². The van der Waals surface area contributed by atoms with E-state index in [-0.39, 0.29) is 24.0 Å². The molecule has 0 saturated heterocycles. The highest BCUT2D eigenvalue weighted by molar-refractivity contribution is 5.89. The second-order valence-corrected chi connectivity index (χ2v) is 9.73. The summed E-state index contributed by atoms with van der Waals surface area (Å²) in [5.41, 5.74) is -1.91. The molecule has 0 aliphatic heterocycles. The van der Waals surface area contributed by atoms with E-state index >= 15 is 0 Å². The molecule has 0 radical (unpaired) electrons. The molecule has 0 amide bonds. The highest BCUT2D eigenvalue weighted by Gasteiger charge is 2.33. The predicted molar refractivity (Wildman–Crippen MR) is 128 cm³/mol. The molecule has 0 aromatic heterocycles. The molecular weight excluding hydrogens is 408 g/mol. The molecule has 0 aliphatic rings. The van der Waals surface area contributed by atoms with Crippen LogP contribution in [0.25, 0.3) is 0 Å². The second kappa shape index (κ2) is 17.4. The zero-order valence-corrected chi connectivity index (χ0v) is 21.6. The van der Waals surface area contributed by atoms with Gasteiger partial charge < -0.3 is 19.0 Å². The fraction of sp³-hybridized carbons (Fsp3) is 0.885. The van der Waals surface area contributed by atoms with Crippen LogP contribution in [-0.2, 0) is 28.6 Å². The molecule has 0 N–H and O–H groups in total. The van der Waals surface area contributed by atoms with Gasteiger partial charge in [-0.15, -0.1) is 0 Å². The highest BCUT2D eigenvalue weighted by atomic mass is 16.5. The molecule has 6 heteroatoms. The number of hydrogen-bond donors (Lipinski definition) is 0. The lowest BCUT2D eigenvalue weighted by Crippen LogP contribution is -2.43. The van der Waals surface area contributed by atoms with Crippen LogP contribution in [0.2, 0.25) is 0 Å². The Morgan fingerprint density at radius 3 is 1.62 bits per heavy atom. The van der Waals surface area contributed by atoms with Crippen LogP contribution in [0.1, 0.15) is 112 Å². The summed E-state index contributed by atoms with van der Waals surface area (Å²) < 4.78 is 16.6. The molecule has 0 bridgehead atoms. The van der Waals surface area contributed by atoms with Gasteiger partial charge in [0.05, 0.1) is 0 Å². The third kappa shape index (κ3) is 15.7. The lowest BCUT2D eigenvalue weighted by atomic mass is 9.97. The molecule has 0 spiro atoms. The maximum absolute atomic E-state index is 12.6. The maximum atomic E-state index is 12.6. The first kappa shape index (κ1) is 30.9. The number of rotatable bonds is 22. The van der Waals surface area contributed by atoms with Crippen LogP contribution < -0.4 is 0 Å². The van der Waals surface area contributed by atoms with Gasteiger partial charge in [-0.05, 0) is 60.3 Å². The SMILES string of the molecule is COCCCCCCCCOC(C)(C)C(=O)COC(C)(C)C(=O)CCCCCCC(C)=O. The summed E-state index contributed by atoms with van der Waals surface area (Å²) in [6.07, 6.45) is 11.2. The molecule has 0 saturated carbocycles. The van der Waals surface area contributed by atoms with Gasteiger partial charge in [0, 0.05) is 33.2 Å². The van der Waals surface area contributed by atoms with Crippen molar-refractivity contribution in [1.29, 1.82) is 0 Å². The molecule has 0 aliphatic carbocycles. The van der Waals surface area contributed by atoms with E-state index in [0.29, 0.717) is 19.4 Å². The second-order valence-electron chi connectivity index (χ2n) is 9.73.